The number of alkyl carbamates (subject to hydrolysis) is 1. The summed E-state index contributed by atoms with van der Waals surface area (Å²) >= 11 is 0. The molecule has 0 fully saturated rings. The standard InChI is InChI=1S/C40H33N3O4/c44-38(47-40(28-14-4-1-5-15-28,29-16-6-2-7-17-29)30-18-8-3-9-19-30)37(24-31-25-41-27-42-31)43-39(45)46-26-36-34-22-12-10-20-32(34)33-21-11-13-23-35(33)36/h1-23,25,27,36-37H,24,26H2,(H,41,42)(H,43,45)/t37-/m0/s1. The Bertz CT molecular complexity index is 1820. The number of hydrogen-bond acceptors (Lipinski definition) is 5. The minimum absolute atomic E-state index is 0.118. The third kappa shape index (κ3) is 5.91. The average molecular weight is 620 g/mol. The Morgan fingerprint density at radius 3 is 1.68 bits per heavy atom. The highest BCUT2D eigenvalue weighted by Gasteiger charge is 2.42. The van der Waals surface area contributed by atoms with Crippen LogP contribution in [0.3, 0.4) is 0 Å². The van der Waals surface area contributed by atoms with E-state index in [0.717, 1.165) is 38.9 Å². The molecule has 0 radical (unpaired) electrons. The van der Waals surface area contributed by atoms with Crippen molar-refractivity contribution in [3.63, 3.8) is 0 Å². The van der Waals surface area contributed by atoms with Gasteiger partial charge >= 0.3 is 12.1 Å². The van der Waals surface area contributed by atoms with E-state index in [2.05, 4.69) is 39.6 Å². The van der Waals surface area contributed by atoms with E-state index < -0.39 is 23.7 Å². The van der Waals surface area contributed by atoms with Crippen molar-refractivity contribution in [2.24, 2.45) is 0 Å². The molecule has 5 aromatic carbocycles. The van der Waals surface area contributed by atoms with Crippen LogP contribution < -0.4 is 5.32 Å². The van der Waals surface area contributed by atoms with E-state index >= 15 is 0 Å². The monoisotopic (exact) mass is 619 g/mol. The van der Waals surface area contributed by atoms with Crippen LogP contribution in [0.4, 0.5) is 4.79 Å². The second-order valence-electron chi connectivity index (χ2n) is 11.5. The smallest absolute Gasteiger partial charge is 0.407 e. The summed E-state index contributed by atoms with van der Waals surface area (Å²) in [6, 6.07) is 44.1. The van der Waals surface area contributed by atoms with Crippen molar-refractivity contribution >= 4 is 12.1 Å². The highest BCUT2D eigenvalue weighted by Crippen LogP contribution is 2.45. The molecule has 47 heavy (non-hydrogen) atoms. The van der Waals surface area contributed by atoms with Crippen LogP contribution in [-0.2, 0) is 26.3 Å². The molecule has 1 amide bonds. The number of ether oxygens (including phenoxy) is 2. The summed E-state index contributed by atoms with van der Waals surface area (Å²) in [5, 5.41) is 2.82. The van der Waals surface area contributed by atoms with Crippen LogP contribution in [0.15, 0.2) is 152 Å². The van der Waals surface area contributed by atoms with Gasteiger partial charge in [-0.3, -0.25) is 0 Å². The molecule has 1 heterocycles. The number of nitrogens with zero attached hydrogens (tertiary/aromatic N) is 1. The molecule has 7 rings (SSSR count). The molecule has 0 unspecified atom stereocenters. The molecule has 1 aliphatic carbocycles. The summed E-state index contributed by atoms with van der Waals surface area (Å²) in [5.74, 6) is -0.738. The van der Waals surface area contributed by atoms with E-state index in [0.29, 0.717) is 5.69 Å². The highest BCUT2D eigenvalue weighted by molar-refractivity contribution is 5.83. The van der Waals surface area contributed by atoms with Gasteiger partial charge in [-0.05, 0) is 22.3 Å². The van der Waals surface area contributed by atoms with Crippen LogP contribution in [0.25, 0.3) is 11.1 Å². The molecule has 2 N–H and O–H groups in total. The Hall–Kier alpha value is -5.95. The van der Waals surface area contributed by atoms with Crippen molar-refractivity contribution in [3.05, 3.63) is 186 Å². The SMILES string of the molecule is O=C(N[C@@H](Cc1cnc[nH]1)C(=O)OC(c1ccccc1)(c1ccccc1)c1ccccc1)OCC1c2ccccc2-c2ccccc21. The predicted molar refractivity (Wildman–Crippen MR) is 180 cm³/mol. The number of aromatic nitrogens is 2. The molecular weight excluding hydrogens is 586 g/mol. The third-order valence-electron chi connectivity index (χ3n) is 8.69. The lowest BCUT2D eigenvalue weighted by atomic mass is 9.80. The van der Waals surface area contributed by atoms with Crippen LogP contribution in [0, 0.1) is 0 Å². The third-order valence-corrected chi connectivity index (χ3v) is 8.69. The Kier molecular flexibility index (Phi) is 8.35. The number of fused-ring (bicyclic) bond motifs is 3. The van der Waals surface area contributed by atoms with Gasteiger partial charge < -0.3 is 19.8 Å². The molecule has 0 bridgehead atoms. The van der Waals surface area contributed by atoms with E-state index in [9.17, 15) is 9.59 Å². The first-order valence-electron chi connectivity index (χ1n) is 15.6. The topological polar surface area (TPSA) is 93.3 Å². The molecule has 7 nitrogen and oxygen atoms in total. The number of imidazole rings is 1. The molecule has 1 aromatic heterocycles. The second-order valence-corrected chi connectivity index (χ2v) is 11.5. The molecule has 0 spiro atoms. The Balaban J connectivity index is 1.19. The van der Waals surface area contributed by atoms with Crippen LogP contribution in [0.2, 0.25) is 0 Å². The van der Waals surface area contributed by atoms with Crippen LogP contribution in [0.1, 0.15) is 39.4 Å². The van der Waals surface area contributed by atoms with Gasteiger partial charge in [0.15, 0.2) is 5.60 Å². The minimum Gasteiger partial charge on any atom is -0.449 e. The normalized spacial score (nSPS) is 12.9. The van der Waals surface area contributed by atoms with Crippen molar-refractivity contribution < 1.29 is 19.1 Å². The molecule has 1 aliphatic rings. The maximum absolute atomic E-state index is 14.4. The van der Waals surface area contributed by atoms with Gasteiger partial charge in [-0.15, -0.1) is 0 Å². The summed E-state index contributed by atoms with van der Waals surface area (Å²) in [6.45, 7) is 0.119. The van der Waals surface area contributed by atoms with Crippen LogP contribution in [0.5, 0.6) is 0 Å². The molecule has 0 aliphatic heterocycles. The maximum Gasteiger partial charge on any atom is 0.407 e. The number of H-pyrrole nitrogens is 1. The minimum atomic E-state index is -1.30. The first kappa shape index (κ1) is 29.7. The number of aromatic amines is 1. The van der Waals surface area contributed by atoms with Crippen molar-refractivity contribution in [3.8, 4) is 11.1 Å². The van der Waals surface area contributed by atoms with Crippen LogP contribution in [-0.4, -0.2) is 34.7 Å². The number of esters is 1. The van der Waals surface area contributed by atoms with Gasteiger partial charge in [-0.25, -0.2) is 14.6 Å². The zero-order valence-corrected chi connectivity index (χ0v) is 25.6. The number of rotatable bonds is 10. The molecule has 6 aromatic rings. The molecule has 7 heteroatoms. The first-order valence-corrected chi connectivity index (χ1v) is 15.6. The Morgan fingerprint density at radius 2 is 1.19 bits per heavy atom. The second kappa shape index (κ2) is 13.2. The Labute approximate surface area is 273 Å². The first-order chi connectivity index (χ1) is 23.1. The average Bonchev–Trinajstić information content (AvgIpc) is 3.76. The fraction of sp³-hybridized carbons (Fsp3) is 0.125. The van der Waals surface area contributed by atoms with Crippen molar-refractivity contribution in [2.45, 2.75) is 24.0 Å². The maximum atomic E-state index is 14.4. The van der Waals surface area contributed by atoms with Gasteiger partial charge in [-0.2, -0.15) is 0 Å². The fourth-order valence-corrected chi connectivity index (χ4v) is 6.51. The molecule has 0 saturated carbocycles. The van der Waals surface area contributed by atoms with E-state index in [1.165, 1.54) is 6.33 Å². The van der Waals surface area contributed by atoms with Gasteiger partial charge in [0, 0.05) is 40.9 Å². The fourth-order valence-electron chi connectivity index (χ4n) is 6.51. The van der Waals surface area contributed by atoms with Crippen LogP contribution >= 0.6 is 0 Å². The summed E-state index contributed by atoms with van der Waals surface area (Å²) in [7, 11) is 0. The van der Waals surface area contributed by atoms with Gasteiger partial charge in [0.1, 0.15) is 12.6 Å². The van der Waals surface area contributed by atoms with E-state index in [1.807, 2.05) is 115 Å². The largest absolute Gasteiger partial charge is 0.449 e. The lowest BCUT2D eigenvalue weighted by molar-refractivity contribution is -0.156. The lowest BCUT2D eigenvalue weighted by Gasteiger charge is -2.36. The predicted octanol–water partition coefficient (Wildman–Crippen LogP) is 7.39. The van der Waals surface area contributed by atoms with Gasteiger partial charge in [0.25, 0.3) is 0 Å². The van der Waals surface area contributed by atoms with Gasteiger partial charge in [0.2, 0.25) is 0 Å². The number of hydrogen-bond donors (Lipinski definition) is 2. The van der Waals surface area contributed by atoms with Crippen molar-refractivity contribution in [1.82, 2.24) is 15.3 Å². The number of carbonyl (C=O) groups is 2. The highest BCUT2D eigenvalue weighted by atomic mass is 16.6. The summed E-state index contributed by atoms with van der Waals surface area (Å²) in [6.07, 6.45) is 2.57. The zero-order chi connectivity index (χ0) is 32.1. The molecule has 0 saturated heterocycles. The van der Waals surface area contributed by atoms with Gasteiger partial charge in [-0.1, -0.05) is 140 Å². The van der Waals surface area contributed by atoms with Crippen molar-refractivity contribution in [2.75, 3.05) is 6.61 Å². The zero-order valence-electron chi connectivity index (χ0n) is 25.6. The quantitative estimate of drug-likeness (QED) is 0.123. The number of benzene rings is 5. The molecular formula is C40H33N3O4. The van der Waals surface area contributed by atoms with E-state index in [4.69, 9.17) is 9.47 Å². The van der Waals surface area contributed by atoms with E-state index in [1.54, 1.807) is 6.20 Å². The number of carbonyl (C=O) groups excluding carboxylic acids is 2. The molecule has 1 atom stereocenters. The van der Waals surface area contributed by atoms with E-state index in [-0.39, 0.29) is 18.9 Å². The lowest BCUT2D eigenvalue weighted by Crippen LogP contribution is -2.47. The molecule has 232 valence electrons. The van der Waals surface area contributed by atoms with Crippen molar-refractivity contribution in [1.29, 1.82) is 0 Å². The Morgan fingerprint density at radius 1 is 0.702 bits per heavy atom. The number of amides is 1. The summed E-state index contributed by atoms with van der Waals surface area (Å²) < 4.78 is 12.5. The van der Waals surface area contributed by atoms with Gasteiger partial charge in [0.05, 0.1) is 6.33 Å². The summed E-state index contributed by atoms with van der Waals surface area (Å²) in [4.78, 5) is 35.0. The summed E-state index contributed by atoms with van der Waals surface area (Å²) in [5.41, 5.74) is 6.16. The number of nitrogens with one attached hydrogen (secondary N) is 2.